The van der Waals surface area contributed by atoms with Crippen LogP contribution in [0.4, 0.5) is 17.2 Å². The van der Waals surface area contributed by atoms with Crippen LogP contribution in [0.3, 0.4) is 0 Å². The summed E-state index contributed by atoms with van der Waals surface area (Å²) in [6.45, 7) is 5.17. The number of nitrogens with zero attached hydrogens (tertiary/aromatic N) is 3. The first-order valence-corrected chi connectivity index (χ1v) is 9.15. The number of piperidine rings is 1. The van der Waals surface area contributed by atoms with Crippen LogP contribution < -0.4 is 20.9 Å². The van der Waals surface area contributed by atoms with E-state index < -0.39 is 5.54 Å². The fourth-order valence-corrected chi connectivity index (χ4v) is 4.24. The van der Waals surface area contributed by atoms with Gasteiger partial charge in [0.05, 0.1) is 17.1 Å². The van der Waals surface area contributed by atoms with Gasteiger partial charge >= 0.3 is 0 Å². The zero-order valence-electron chi connectivity index (χ0n) is 14.8. The molecule has 4 heterocycles. The van der Waals surface area contributed by atoms with E-state index in [0.717, 1.165) is 67.7 Å². The predicted molar refractivity (Wildman–Crippen MR) is 100 cm³/mol. The molecule has 0 aliphatic carbocycles. The van der Waals surface area contributed by atoms with Gasteiger partial charge in [-0.1, -0.05) is 12.1 Å². The smallest absolute Gasteiger partial charge is 0.250 e. The second-order valence-corrected chi connectivity index (χ2v) is 7.32. The van der Waals surface area contributed by atoms with Crippen LogP contribution >= 0.6 is 0 Å². The van der Waals surface area contributed by atoms with Crippen LogP contribution in [0, 0.1) is 6.92 Å². The van der Waals surface area contributed by atoms with Gasteiger partial charge in [0.1, 0.15) is 17.2 Å². The molecule has 1 aromatic heterocycles. The molecule has 3 aliphatic rings. The molecular formula is C19H22N6O. The number of hydrogen-bond acceptors (Lipinski definition) is 6. The Labute approximate surface area is 152 Å². The van der Waals surface area contributed by atoms with E-state index in [1.807, 2.05) is 31.2 Å². The number of aromatic nitrogens is 2. The Hall–Kier alpha value is -2.67. The minimum absolute atomic E-state index is 0.0709. The Morgan fingerprint density at radius 2 is 1.85 bits per heavy atom. The average molecular weight is 350 g/mol. The number of rotatable bonds is 1. The summed E-state index contributed by atoms with van der Waals surface area (Å²) >= 11 is 0. The Kier molecular flexibility index (Phi) is 3.40. The number of hydrogen-bond donors (Lipinski definition) is 3. The topological polar surface area (TPSA) is 82.2 Å². The third kappa shape index (κ3) is 2.34. The van der Waals surface area contributed by atoms with E-state index >= 15 is 0 Å². The molecule has 1 fully saturated rings. The SMILES string of the molecule is Cc1nc2c(c(N3CCC4(CC3)Nc3ccccc3NC4=O)n1)CNC2. The monoisotopic (exact) mass is 350 g/mol. The normalized spacial score (nSPS) is 20.3. The standard InChI is InChI=1S/C19H22N6O/c1-12-21-16-11-20-10-13(16)17(22-12)25-8-6-19(7-9-25)18(26)23-14-4-2-3-5-15(14)24-19/h2-5,20,24H,6-11H2,1H3,(H,23,26). The summed E-state index contributed by atoms with van der Waals surface area (Å²) in [7, 11) is 0. The Morgan fingerprint density at radius 3 is 2.65 bits per heavy atom. The molecule has 2 aromatic rings. The van der Waals surface area contributed by atoms with Crippen LogP contribution in [-0.2, 0) is 17.9 Å². The van der Waals surface area contributed by atoms with Gasteiger partial charge < -0.3 is 20.9 Å². The number of para-hydroxylation sites is 2. The largest absolute Gasteiger partial charge is 0.369 e. The van der Waals surface area contributed by atoms with Gasteiger partial charge in [-0.2, -0.15) is 0 Å². The van der Waals surface area contributed by atoms with Crippen LogP contribution in [0.5, 0.6) is 0 Å². The van der Waals surface area contributed by atoms with Crippen LogP contribution in [-0.4, -0.2) is 34.5 Å². The lowest BCUT2D eigenvalue weighted by molar-refractivity contribution is -0.121. The highest BCUT2D eigenvalue weighted by molar-refractivity contribution is 6.06. The maximum Gasteiger partial charge on any atom is 0.250 e. The number of amides is 1. The molecule has 1 saturated heterocycles. The first-order chi connectivity index (χ1) is 12.6. The minimum Gasteiger partial charge on any atom is -0.369 e. The quantitative estimate of drug-likeness (QED) is 0.727. The van der Waals surface area contributed by atoms with Crippen molar-refractivity contribution in [1.82, 2.24) is 15.3 Å². The Morgan fingerprint density at radius 1 is 1.08 bits per heavy atom. The maximum atomic E-state index is 12.8. The van der Waals surface area contributed by atoms with Crippen LogP contribution in [0.1, 0.15) is 29.9 Å². The molecule has 1 spiro atoms. The number of nitrogens with one attached hydrogen (secondary N) is 3. The minimum atomic E-state index is -0.533. The van der Waals surface area contributed by atoms with Gasteiger partial charge in [-0.05, 0) is 31.9 Å². The van der Waals surface area contributed by atoms with E-state index in [0.29, 0.717) is 0 Å². The number of aryl methyl sites for hydroxylation is 1. The molecule has 3 aliphatic heterocycles. The van der Waals surface area contributed by atoms with Gasteiger partial charge in [-0.15, -0.1) is 0 Å². The summed E-state index contributed by atoms with van der Waals surface area (Å²) in [4.78, 5) is 24.4. The van der Waals surface area contributed by atoms with Crippen LogP contribution in [0.25, 0.3) is 0 Å². The van der Waals surface area contributed by atoms with E-state index in [4.69, 9.17) is 4.98 Å². The van der Waals surface area contributed by atoms with Crippen molar-refractivity contribution in [3.05, 3.63) is 41.3 Å². The van der Waals surface area contributed by atoms with Crippen molar-refractivity contribution in [1.29, 1.82) is 0 Å². The highest BCUT2D eigenvalue weighted by atomic mass is 16.2. The molecule has 7 heteroatoms. The number of carbonyl (C=O) groups is 1. The molecule has 0 bridgehead atoms. The summed E-state index contributed by atoms with van der Waals surface area (Å²) in [6, 6.07) is 7.89. The average Bonchev–Trinajstić information content (AvgIpc) is 3.11. The lowest BCUT2D eigenvalue weighted by Crippen LogP contribution is -2.58. The van der Waals surface area contributed by atoms with E-state index in [-0.39, 0.29) is 5.91 Å². The molecule has 0 radical (unpaired) electrons. The Bertz CT molecular complexity index is 888. The van der Waals surface area contributed by atoms with Crippen molar-refractivity contribution < 1.29 is 4.79 Å². The van der Waals surface area contributed by atoms with Crippen molar-refractivity contribution in [2.75, 3.05) is 28.6 Å². The zero-order valence-corrected chi connectivity index (χ0v) is 14.8. The fourth-order valence-electron chi connectivity index (χ4n) is 4.24. The summed E-state index contributed by atoms with van der Waals surface area (Å²) in [5.41, 5.74) is 3.64. The molecule has 1 amide bonds. The van der Waals surface area contributed by atoms with E-state index in [1.165, 1.54) is 5.56 Å². The van der Waals surface area contributed by atoms with Crippen LogP contribution in [0.2, 0.25) is 0 Å². The van der Waals surface area contributed by atoms with Gasteiger partial charge in [-0.3, -0.25) is 4.79 Å². The van der Waals surface area contributed by atoms with E-state index in [1.54, 1.807) is 0 Å². The first-order valence-electron chi connectivity index (χ1n) is 9.15. The summed E-state index contributed by atoms with van der Waals surface area (Å²) in [5, 5.41) is 9.95. The van der Waals surface area contributed by atoms with Crippen molar-refractivity contribution >= 4 is 23.1 Å². The number of carbonyl (C=O) groups excluding carboxylic acids is 1. The van der Waals surface area contributed by atoms with E-state index in [2.05, 4.69) is 25.8 Å². The van der Waals surface area contributed by atoms with Crippen molar-refractivity contribution in [2.24, 2.45) is 0 Å². The maximum absolute atomic E-state index is 12.8. The molecule has 26 heavy (non-hydrogen) atoms. The Balaban J connectivity index is 1.40. The third-order valence-corrected chi connectivity index (χ3v) is 5.68. The van der Waals surface area contributed by atoms with E-state index in [9.17, 15) is 4.79 Å². The van der Waals surface area contributed by atoms with Crippen LogP contribution in [0.15, 0.2) is 24.3 Å². The van der Waals surface area contributed by atoms with Gasteiger partial charge in [-0.25, -0.2) is 9.97 Å². The molecule has 5 rings (SSSR count). The van der Waals surface area contributed by atoms with Gasteiger partial charge in [0.2, 0.25) is 5.91 Å². The molecular weight excluding hydrogens is 328 g/mol. The lowest BCUT2D eigenvalue weighted by Gasteiger charge is -2.44. The second-order valence-electron chi connectivity index (χ2n) is 7.32. The molecule has 134 valence electrons. The summed E-state index contributed by atoms with van der Waals surface area (Å²) in [5.74, 6) is 1.91. The third-order valence-electron chi connectivity index (χ3n) is 5.68. The second kappa shape index (κ2) is 5.67. The van der Waals surface area contributed by atoms with Crippen molar-refractivity contribution in [3.8, 4) is 0 Å². The fraction of sp³-hybridized carbons (Fsp3) is 0.421. The molecule has 3 N–H and O–H groups in total. The van der Waals surface area contributed by atoms with Crippen molar-refractivity contribution in [2.45, 2.75) is 38.4 Å². The van der Waals surface area contributed by atoms with Gasteiger partial charge in [0, 0.05) is 31.7 Å². The molecule has 1 aromatic carbocycles. The van der Waals surface area contributed by atoms with Crippen molar-refractivity contribution in [3.63, 3.8) is 0 Å². The first kappa shape index (κ1) is 15.6. The molecule has 7 nitrogen and oxygen atoms in total. The number of benzene rings is 1. The highest BCUT2D eigenvalue weighted by Crippen LogP contribution is 2.37. The van der Waals surface area contributed by atoms with Gasteiger partial charge in [0.25, 0.3) is 0 Å². The lowest BCUT2D eigenvalue weighted by atomic mass is 9.84. The summed E-state index contributed by atoms with van der Waals surface area (Å²) < 4.78 is 0. The number of anilines is 3. The molecule has 0 saturated carbocycles. The molecule has 0 atom stereocenters. The summed E-state index contributed by atoms with van der Waals surface area (Å²) in [6.07, 6.45) is 1.50. The predicted octanol–water partition coefficient (Wildman–Crippen LogP) is 1.79. The van der Waals surface area contributed by atoms with Gasteiger partial charge in [0.15, 0.2) is 0 Å². The number of fused-ring (bicyclic) bond motifs is 2. The molecule has 0 unspecified atom stereocenters. The highest BCUT2D eigenvalue weighted by Gasteiger charge is 2.44. The zero-order chi connectivity index (χ0) is 17.7.